The summed E-state index contributed by atoms with van der Waals surface area (Å²) in [5.41, 5.74) is 1.13. The predicted octanol–water partition coefficient (Wildman–Crippen LogP) is 0.316. The Labute approximate surface area is 107 Å². The lowest BCUT2D eigenvalue weighted by molar-refractivity contribution is -0.125. The van der Waals surface area contributed by atoms with Crippen LogP contribution in [0.5, 0.6) is 0 Å². The Morgan fingerprint density at radius 3 is 2.83 bits per heavy atom. The molecule has 1 unspecified atom stereocenters. The molecule has 18 heavy (non-hydrogen) atoms. The molecule has 1 amide bonds. The number of benzene rings is 1. The van der Waals surface area contributed by atoms with Crippen LogP contribution < -0.4 is 10.6 Å². The zero-order valence-corrected chi connectivity index (χ0v) is 10.4. The Balaban J connectivity index is 1.87. The van der Waals surface area contributed by atoms with Crippen molar-refractivity contribution in [3.63, 3.8) is 0 Å². The molecule has 1 saturated heterocycles. The van der Waals surface area contributed by atoms with E-state index in [4.69, 9.17) is 0 Å². The molecule has 4 nitrogen and oxygen atoms in total. The minimum absolute atomic E-state index is 0.0270. The number of amides is 1. The van der Waals surface area contributed by atoms with E-state index in [1.807, 2.05) is 30.3 Å². The van der Waals surface area contributed by atoms with Crippen molar-refractivity contribution in [2.45, 2.75) is 18.9 Å². The average Bonchev–Trinajstić information content (AvgIpc) is 2.93. The van der Waals surface area contributed by atoms with Crippen molar-refractivity contribution in [1.29, 1.82) is 0 Å². The standard InChI is InChI=1S/C14H20N2O2/c17-10-13(8-11-4-2-1-3-5-11)16-14(18)12-6-7-15-9-12/h1-5,12-13,15,17H,6-10H2,(H,16,18)/t12?,13-/m0/s1. The van der Waals surface area contributed by atoms with Gasteiger partial charge in [0.1, 0.15) is 0 Å². The average molecular weight is 248 g/mol. The molecule has 0 saturated carbocycles. The van der Waals surface area contributed by atoms with Gasteiger partial charge in [-0.1, -0.05) is 30.3 Å². The van der Waals surface area contributed by atoms with E-state index in [1.165, 1.54) is 0 Å². The minimum atomic E-state index is -0.194. The van der Waals surface area contributed by atoms with Crippen molar-refractivity contribution >= 4 is 5.91 Å². The third-order valence-corrected chi connectivity index (χ3v) is 3.32. The summed E-state index contributed by atoms with van der Waals surface area (Å²) in [5.74, 6) is 0.102. The van der Waals surface area contributed by atoms with Gasteiger partial charge < -0.3 is 15.7 Å². The van der Waals surface area contributed by atoms with Crippen LogP contribution in [0.25, 0.3) is 0 Å². The zero-order chi connectivity index (χ0) is 12.8. The fourth-order valence-electron chi connectivity index (χ4n) is 2.26. The number of rotatable bonds is 5. The van der Waals surface area contributed by atoms with E-state index in [1.54, 1.807) is 0 Å². The van der Waals surface area contributed by atoms with Gasteiger partial charge in [0.2, 0.25) is 5.91 Å². The lowest BCUT2D eigenvalue weighted by Gasteiger charge is -2.18. The van der Waals surface area contributed by atoms with Crippen LogP contribution in [0.4, 0.5) is 0 Å². The second-order valence-electron chi connectivity index (χ2n) is 4.77. The summed E-state index contributed by atoms with van der Waals surface area (Å²) in [7, 11) is 0. The molecule has 98 valence electrons. The first-order chi connectivity index (χ1) is 8.79. The number of aliphatic hydroxyl groups excluding tert-OH is 1. The summed E-state index contributed by atoms with van der Waals surface area (Å²) in [5, 5.41) is 15.4. The van der Waals surface area contributed by atoms with E-state index in [9.17, 15) is 9.90 Å². The lowest BCUT2D eigenvalue weighted by Crippen LogP contribution is -2.42. The molecule has 0 aromatic heterocycles. The van der Waals surface area contributed by atoms with Crippen LogP contribution in [0.3, 0.4) is 0 Å². The molecule has 2 rings (SSSR count). The van der Waals surface area contributed by atoms with E-state index >= 15 is 0 Å². The van der Waals surface area contributed by atoms with Crippen LogP contribution >= 0.6 is 0 Å². The van der Waals surface area contributed by atoms with Crippen molar-refractivity contribution in [2.24, 2.45) is 5.92 Å². The first kappa shape index (κ1) is 13.1. The molecule has 1 heterocycles. The lowest BCUT2D eigenvalue weighted by atomic mass is 10.0. The molecule has 2 atom stereocenters. The Kier molecular flexibility index (Phi) is 4.73. The Hall–Kier alpha value is -1.39. The molecule has 4 heteroatoms. The molecule has 0 bridgehead atoms. The molecule has 1 fully saturated rings. The van der Waals surface area contributed by atoms with E-state index in [0.717, 1.165) is 25.1 Å². The highest BCUT2D eigenvalue weighted by molar-refractivity contribution is 5.79. The molecule has 1 aliphatic heterocycles. The van der Waals surface area contributed by atoms with E-state index in [0.29, 0.717) is 6.42 Å². The molecular formula is C14H20N2O2. The molecular weight excluding hydrogens is 228 g/mol. The predicted molar refractivity (Wildman–Crippen MR) is 70.1 cm³/mol. The first-order valence-electron chi connectivity index (χ1n) is 6.45. The summed E-state index contributed by atoms with van der Waals surface area (Å²) in [4.78, 5) is 11.9. The molecule has 1 aromatic rings. The highest BCUT2D eigenvalue weighted by Gasteiger charge is 2.24. The third kappa shape index (κ3) is 3.55. The summed E-state index contributed by atoms with van der Waals surface area (Å²) in [6.07, 6.45) is 1.55. The Morgan fingerprint density at radius 1 is 1.44 bits per heavy atom. The van der Waals surface area contributed by atoms with Crippen molar-refractivity contribution in [2.75, 3.05) is 19.7 Å². The number of carbonyl (C=O) groups is 1. The van der Waals surface area contributed by atoms with Gasteiger partial charge in [0.25, 0.3) is 0 Å². The van der Waals surface area contributed by atoms with Gasteiger partial charge in [0.15, 0.2) is 0 Å². The highest BCUT2D eigenvalue weighted by Crippen LogP contribution is 2.09. The monoisotopic (exact) mass is 248 g/mol. The zero-order valence-electron chi connectivity index (χ0n) is 10.4. The largest absolute Gasteiger partial charge is 0.394 e. The van der Waals surface area contributed by atoms with Crippen LogP contribution in [-0.2, 0) is 11.2 Å². The fraction of sp³-hybridized carbons (Fsp3) is 0.500. The maximum atomic E-state index is 11.9. The van der Waals surface area contributed by atoms with Crippen LogP contribution in [-0.4, -0.2) is 36.8 Å². The van der Waals surface area contributed by atoms with Gasteiger partial charge in [-0.3, -0.25) is 4.79 Å². The van der Waals surface area contributed by atoms with Gasteiger partial charge in [-0.15, -0.1) is 0 Å². The van der Waals surface area contributed by atoms with Gasteiger partial charge in [-0.25, -0.2) is 0 Å². The number of hydrogen-bond donors (Lipinski definition) is 3. The Morgan fingerprint density at radius 2 is 2.22 bits per heavy atom. The van der Waals surface area contributed by atoms with E-state index in [2.05, 4.69) is 10.6 Å². The fourth-order valence-corrected chi connectivity index (χ4v) is 2.26. The highest BCUT2D eigenvalue weighted by atomic mass is 16.3. The topological polar surface area (TPSA) is 61.4 Å². The number of hydrogen-bond acceptors (Lipinski definition) is 3. The van der Waals surface area contributed by atoms with E-state index in [-0.39, 0.29) is 24.5 Å². The summed E-state index contributed by atoms with van der Waals surface area (Å²) in [6, 6.07) is 9.71. The van der Waals surface area contributed by atoms with Crippen LogP contribution in [0.2, 0.25) is 0 Å². The van der Waals surface area contributed by atoms with Gasteiger partial charge >= 0.3 is 0 Å². The van der Waals surface area contributed by atoms with Crippen LogP contribution in [0.15, 0.2) is 30.3 Å². The van der Waals surface area contributed by atoms with Crippen LogP contribution in [0.1, 0.15) is 12.0 Å². The molecule has 3 N–H and O–H groups in total. The van der Waals surface area contributed by atoms with Gasteiger partial charge in [-0.05, 0) is 24.9 Å². The number of aliphatic hydroxyl groups is 1. The van der Waals surface area contributed by atoms with Crippen molar-refractivity contribution < 1.29 is 9.90 Å². The Bertz CT molecular complexity index is 375. The third-order valence-electron chi connectivity index (χ3n) is 3.32. The second kappa shape index (κ2) is 6.52. The molecule has 0 radical (unpaired) electrons. The van der Waals surface area contributed by atoms with Crippen molar-refractivity contribution in [1.82, 2.24) is 10.6 Å². The number of nitrogens with one attached hydrogen (secondary N) is 2. The normalized spacial score (nSPS) is 20.6. The molecule has 1 aromatic carbocycles. The van der Waals surface area contributed by atoms with Crippen LogP contribution in [0, 0.1) is 5.92 Å². The smallest absolute Gasteiger partial charge is 0.224 e. The van der Waals surface area contributed by atoms with Gasteiger partial charge in [-0.2, -0.15) is 0 Å². The maximum absolute atomic E-state index is 11.9. The number of carbonyl (C=O) groups excluding carboxylic acids is 1. The van der Waals surface area contributed by atoms with E-state index < -0.39 is 0 Å². The molecule has 0 aliphatic carbocycles. The minimum Gasteiger partial charge on any atom is -0.394 e. The van der Waals surface area contributed by atoms with Gasteiger partial charge in [0, 0.05) is 6.54 Å². The molecule has 1 aliphatic rings. The SMILES string of the molecule is O=C(N[C@H](CO)Cc1ccccc1)C1CCNC1. The summed E-state index contributed by atoms with van der Waals surface area (Å²) >= 11 is 0. The van der Waals surface area contributed by atoms with Crippen molar-refractivity contribution in [3.8, 4) is 0 Å². The van der Waals surface area contributed by atoms with Gasteiger partial charge in [0.05, 0.1) is 18.6 Å². The second-order valence-corrected chi connectivity index (χ2v) is 4.77. The van der Waals surface area contributed by atoms with Crippen molar-refractivity contribution in [3.05, 3.63) is 35.9 Å². The summed E-state index contributed by atoms with van der Waals surface area (Å²) in [6.45, 7) is 1.62. The molecule has 0 spiro atoms. The summed E-state index contributed by atoms with van der Waals surface area (Å²) < 4.78 is 0. The maximum Gasteiger partial charge on any atom is 0.224 e. The quantitative estimate of drug-likeness (QED) is 0.703. The first-order valence-corrected chi connectivity index (χ1v) is 6.45.